The van der Waals surface area contributed by atoms with Gasteiger partial charge in [0.05, 0.1) is 35.6 Å². The van der Waals surface area contributed by atoms with Gasteiger partial charge in [0.1, 0.15) is 47.6 Å². The first-order chi connectivity index (χ1) is 48.0. The molecule has 0 radical (unpaired) electrons. The number of carbonyl (C=O) groups excluding carboxylic acids is 6. The Bertz CT molecular complexity index is 4010. The van der Waals surface area contributed by atoms with Crippen molar-refractivity contribution >= 4 is 97.8 Å². The Kier molecular flexibility index (Phi) is 34.1. The van der Waals surface area contributed by atoms with Gasteiger partial charge < -0.3 is 67.2 Å². The largest absolute Gasteiger partial charge is 1.00 e. The molecule has 5 aliphatic heterocycles. The van der Waals surface area contributed by atoms with Crippen LogP contribution in [0.15, 0.2) is 135 Å². The van der Waals surface area contributed by atoms with Crippen LogP contribution in [0.1, 0.15) is 79.3 Å². The predicted molar refractivity (Wildman–Crippen MR) is 381 cm³/mol. The molecule has 0 bridgehead atoms. The molecule has 102 heavy (non-hydrogen) atoms. The van der Waals surface area contributed by atoms with Crippen molar-refractivity contribution in [2.24, 2.45) is 23.5 Å². The van der Waals surface area contributed by atoms with E-state index in [2.05, 4.69) is 114 Å². The smallest absolute Gasteiger partial charge is 1.00 e. The average Bonchev–Trinajstić information content (AvgIpc) is 1.75. The molecule has 5 fully saturated rings. The first-order valence-electron chi connectivity index (χ1n) is 33.3. The predicted octanol–water partition coefficient (Wildman–Crippen LogP) is -0.324. The Labute approximate surface area is 717 Å². The fraction of sp³-hybridized carbons (Fsp3) is 0.451. The van der Waals surface area contributed by atoms with Crippen molar-refractivity contribution in [2.75, 3.05) is 85.3 Å². The molecule has 11 heterocycles. The molecule has 8 aromatic rings. The summed E-state index contributed by atoms with van der Waals surface area (Å²) in [5, 5.41) is 17.2. The van der Waals surface area contributed by atoms with Crippen LogP contribution in [0.4, 0.5) is 26.7 Å². The van der Waals surface area contributed by atoms with Crippen LogP contribution >= 0.6 is 0 Å². The molecule has 31 heteroatoms. The van der Waals surface area contributed by atoms with Gasteiger partial charge in [-0.15, -0.1) is 0 Å². The number of carbonyl (C=O) groups is 6. The molecule has 0 aliphatic carbocycles. The zero-order chi connectivity index (χ0) is 69.8. The molecule has 28 nitrogen and oxygen atoms in total. The van der Waals surface area contributed by atoms with Crippen LogP contribution < -0.4 is 179 Å². The Morgan fingerprint density at radius 1 is 0.578 bits per heavy atom. The molecular weight excluding hydrogens is 1560 g/mol. The summed E-state index contributed by atoms with van der Waals surface area (Å²) >= 11 is 0. The van der Waals surface area contributed by atoms with E-state index in [9.17, 15) is 24.0 Å². The van der Waals surface area contributed by atoms with Gasteiger partial charge in [-0.25, -0.2) is 54.4 Å². The number of nitrogens with zero attached hydrogens (tertiary/aromatic N) is 14. The number of hydrogen-bond donors (Lipinski definition) is 4. The average molecular weight is 1650 g/mol. The van der Waals surface area contributed by atoms with Gasteiger partial charge in [-0.3, -0.25) is 19.2 Å². The summed E-state index contributed by atoms with van der Waals surface area (Å²) in [6.45, 7) is 13.0. The van der Waals surface area contributed by atoms with Gasteiger partial charge in [0.2, 0.25) is 17.7 Å². The van der Waals surface area contributed by atoms with Gasteiger partial charge in [-0.2, -0.15) is 0 Å². The maximum absolute atomic E-state index is 13.4. The molecule has 5 N–H and O–H groups in total. The van der Waals surface area contributed by atoms with Crippen molar-refractivity contribution in [3.63, 3.8) is 0 Å². The Hall–Kier alpha value is -5.90. The summed E-state index contributed by atoms with van der Waals surface area (Å²) in [5.74, 6) is 1.95. The number of benzene rings is 2. The van der Waals surface area contributed by atoms with Crippen molar-refractivity contribution in [3.05, 3.63) is 146 Å². The third-order valence-electron chi connectivity index (χ3n) is 17.9. The Balaban J connectivity index is 0.000000236. The quantitative estimate of drug-likeness (QED) is 0.0393. The number of fused-ring (bicyclic) bond motifs is 3. The second-order valence-corrected chi connectivity index (χ2v) is 28.2. The maximum Gasteiger partial charge on any atom is 1.00 e. The molecule has 0 saturated carbocycles. The van der Waals surface area contributed by atoms with E-state index in [1.54, 1.807) is 55.8 Å². The second-order valence-electron chi connectivity index (χ2n) is 25.9. The number of alkyl carbamates (subject to hydrolysis) is 2. The standard InChI is InChI=1S/C27H34N6O3S.C25H28N6O3.C17H22N6O.CH2O3.CH4.2Cs.H/c1-19-15-21(17-33(16-19)23-9-11-29-25-24(23)28-12-13-30-25)31-26(34)22(10-14-37(2)3)32-27(35)36-18-20-7-5-4-6-8-20;1-17-13-19(15-30(14-17)21-7-9-27-23-22(21)26-10-11-28-23)31-12-8-20(24(31)32)29-25(33)34-16-18-5-3-2-4-6-18;1-11-8-12(23-7-3-13(18)17(23)24)10-22(9-11)14-2-4-20-16-15(14)19-5-6-21-16;2-1-4-3;;;;/h4-9,11-13,19,21-22H,10,14-18H2,1-3H3,(H-,31,32,34,35);2-7,9-11,17,19-20H,8,12-16H2,1H3,(H,29,33);2,4-6,11-13H,3,7-10,18H2,1H3;1,3H;1H4;;;/q;;;;;2*+1;-1/t19-,21+,22+;17-,19+,20+;11-,12+,13+;;;;;/m000...../s1. The molecule has 2 aromatic carbocycles. The number of aromatic nitrogens is 9. The minimum absolute atomic E-state index is 0. The zero-order valence-electron chi connectivity index (χ0n) is 59.3. The maximum atomic E-state index is 13.4. The molecule has 5 saturated heterocycles. The second kappa shape index (κ2) is 41.7. The molecule has 9 atom stereocenters. The van der Waals surface area contributed by atoms with E-state index >= 15 is 0 Å². The van der Waals surface area contributed by atoms with Crippen LogP contribution in [0.3, 0.4) is 0 Å². The van der Waals surface area contributed by atoms with Crippen LogP contribution in [0, 0.1) is 17.8 Å². The first kappa shape index (κ1) is 83.4. The van der Waals surface area contributed by atoms with E-state index in [-0.39, 0.29) is 219 Å². The SMILES string of the molecule is C.C[C@H]1C[C@@H](N2CC[C@@H](N)C2=O)CN(c2ccnc3nccnc23)C1.C[C@H]1C[C@@H](N2CC[C@@H](NC(=O)OCc3ccccc3)C2=O)CN(c2ccnc3nccnc23)C1.C[C@H]1C[C@@H](NC(=O)[C@@H](CC[S+](C)C)NC(=O)OCc2ccccc2)CN(c2ccnc3nccnc23)C1.O=CO[O-].[Cs+].[Cs+].[H-]. The fourth-order valence-electron chi connectivity index (χ4n) is 13.5. The van der Waals surface area contributed by atoms with Crippen molar-refractivity contribution in [3.8, 4) is 0 Å². The van der Waals surface area contributed by atoms with Gasteiger partial charge in [0.25, 0.3) is 6.47 Å². The van der Waals surface area contributed by atoms with Gasteiger partial charge in [0, 0.05) is 133 Å². The van der Waals surface area contributed by atoms with E-state index in [0.29, 0.717) is 67.2 Å². The topological polar surface area (TPSA) is 347 Å². The van der Waals surface area contributed by atoms with Crippen LogP contribution in [-0.2, 0) is 57.6 Å². The fourth-order valence-corrected chi connectivity index (χ4v) is 14.2. The molecule has 6 aromatic heterocycles. The first-order valence-corrected chi connectivity index (χ1v) is 35.5. The monoisotopic (exact) mass is 1650 g/mol. The van der Waals surface area contributed by atoms with Gasteiger partial charge in [0.15, 0.2) is 16.9 Å². The minimum Gasteiger partial charge on any atom is -1.00 e. The van der Waals surface area contributed by atoms with Crippen LogP contribution in [-0.4, -0.2) is 198 Å². The number of nitrogens with two attached hydrogens (primary N) is 1. The van der Waals surface area contributed by atoms with Crippen LogP contribution in [0.2, 0.25) is 0 Å². The number of likely N-dealkylation sites (tertiary alicyclic amines) is 2. The molecular formula is C71H91Cs2N18O10S+. The minimum atomic E-state index is -0.656. The van der Waals surface area contributed by atoms with E-state index in [4.69, 9.17) is 25.3 Å². The number of nitrogens with one attached hydrogen (secondary N) is 3. The number of pyridine rings is 3. The number of piperidine rings is 3. The van der Waals surface area contributed by atoms with E-state index < -0.39 is 24.3 Å². The number of ether oxygens (including phenoxy) is 2. The van der Waals surface area contributed by atoms with E-state index in [1.807, 2.05) is 88.7 Å². The van der Waals surface area contributed by atoms with Crippen LogP contribution in [0.5, 0.6) is 0 Å². The normalized spacial score (nSPS) is 21.0. The summed E-state index contributed by atoms with van der Waals surface area (Å²) in [4.78, 5) is 125. The number of amides is 5. The van der Waals surface area contributed by atoms with Gasteiger partial charge >= 0.3 is 150 Å². The van der Waals surface area contributed by atoms with E-state index in [1.165, 1.54) is 0 Å². The van der Waals surface area contributed by atoms with Crippen LogP contribution in [0.25, 0.3) is 33.5 Å². The molecule has 0 spiro atoms. The summed E-state index contributed by atoms with van der Waals surface area (Å²) in [7, 11) is 0.143. The Morgan fingerprint density at radius 3 is 1.43 bits per heavy atom. The molecule has 5 amide bonds. The van der Waals surface area contributed by atoms with Gasteiger partial charge in [-0.05, 0) is 90.1 Å². The third-order valence-corrected chi connectivity index (χ3v) is 19.0. The Morgan fingerprint density at radius 2 is 0.990 bits per heavy atom. The summed E-state index contributed by atoms with van der Waals surface area (Å²) in [5.41, 5.74) is 14.9. The summed E-state index contributed by atoms with van der Waals surface area (Å²) in [6, 6.07) is 23.5. The summed E-state index contributed by atoms with van der Waals surface area (Å²) < 4.78 is 10.7. The van der Waals surface area contributed by atoms with Crippen molar-refractivity contribution < 1.29 is 188 Å². The number of anilines is 3. The molecule has 0 unspecified atom stereocenters. The van der Waals surface area contributed by atoms with Crippen molar-refractivity contribution in [1.29, 1.82) is 0 Å². The number of rotatable bonds is 17. The number of hydrogen-bond acceptors (Lipinski definition) is 23. The molecule has 5 aliphatic rings. The van der Waals surface area contributed by atoms with Crippen molar-refractivity contribution in [2.45, 2.75) is 116 Å². The summed E-state index contributed by atoms with van der Waals surface area (Å²) in [6.07, 6.45) is 23.0. The van der Waals surface area contributed by atoms with E-state index in [0.717, 1.165) is 109 Å². The third kappa shape index (κ3) is 23.3. The molecule has 13 rings (SSSR count). The zero-order valence-corrected chi connectivity index (χ0v) is 71.7. The van der Waals surface area contributed by atoms with Gasteiger partial charge in [-0.1, -0.05) is 88.9 Å². The van der Waals surface area contributed by atoms with Crippen molar-refractivity contribution in [1.82, 2.24) is 70.6 Å². The molecule has 532 valence electrons.